The van der Waals surface area contributed by atoms with E-state index in [1.807, 2.05) is 0 Å². The van der Waals surface area contributed by atoms with Gasteiger partial charge in [-0.1, -0.05) is 0 Å². The number of carbonyl (C=O) groups is 3. The van der Waals surface area contributed by atoms with E-state index in [9.17, 15) is 23.9 Å². The van der Waals surface area contributed by atoms with Crippen LogP contribution in [0.1, 0.15) is 40.0 Å². The van der Waals surface area contributed by atoms with Gasteiger partial charge in [-0.2, -0.15) is 0 Å². The highest BCUT2D eigenvalue weighted by molar-refractivity contribution is 5.90. The van der Waals surface area contributed by atoms with Crippen LogP contribution in [0.5, 0.6) is 0 Å². The Morgan fingerprint density at radius 2 is 1.83 bits per heavy atom. The highest BCUT2D eigenvalue weighted by atomic mass is 19.1. The lowest BCUT2D eigenvalue weighted by Gasteiger charge is -2.31. The van der Waals surface area contributed by atoms with E-state index in [1.54, 1.807) is 20.8 Å². The molecule has 1 N–H and O–H groups in total. The number of rotatable bonds is 2. The summed E-state index contributed by atoms with van der Waals surface area (Å²) in [6, 6.07) is -1.90. The van der Waals surface area contributed by atoms with Crippen molar-refractivity contribution in [3.8, 4) is 0 Å². The molecule has 2 aliphatic rings. The zero-order valence-corrected chi connectivity index (χ0v) is 13.6. The van der Waals surface area contributed by atoms with Crippen molar-refractivity contribution in [1.82, 2.24) is 9.80 Å². The van der Waals surface area contributed by atoms with Crippen LogP contribution in [0.2, 0.25) is 0 Å². The molecule has 2 rings (SSSR count). The Balaban J connectivity index is 2.14. The minimum Gasteiger partial charge on any atom is -0.480 e. The molecule has 0 aromatic rings. The fraction of sp³-hybridized carbons (Fsp3) is 0.800. The molecule has 2 saturated heterocycles. The quantitative estimate of drug-likeness (QED) is 0.827. The van der Waals surface area contributed by atoms with Crippen LogP contribution in [-0.2, 0) is 14.3 Å². The standard InChI is InChI=1S/C15H23FN2O5/c1-15(2,3)23-14(22)18-8-9(16)7-11(18)12(19)17-6-4-5-10(17)13(20)21/h9-11H,4-8H2,1-3H3,(H,20,21)/t9-,10+,11+/m1/s1. The summed E-state index contributed by atoms with van der Waals surface area (Å²) in [6.45, 7) is 5.16. The average Bonchev–Trinajstić information content (AvgIpc) is 3.01. The smallest absolute Gasteiger partial charge is 0.411 e. The molecule has 0 aliphatic carbocycles. The summed E-state index contributed by atoms with van der Waals surface area (Å²) in [5, 5.41) is 9.18. The number of ether oxygens (including phenoxy) is 1. The summed E-state index contributed by atoms with van der Waals surface area (Å²) in [7, 11) is 0. The molecule has 0 aromatic heterocycles. The first kappa shape index (κ1) is 17.5. The van der Waals surface area contributed by atoms with Gasteiger partial charge in [-0.15, -0.1) is 0 Å². The second kappa shape index (κ2) is 6.33. The summed E-state index contributed by atoms with van der Waals surface area (Å²) in [4.78, 5) is 38.4. The summed E-state index contributed by atoms with van der Waals surface area (Å²) < 4.78 is 19.0. The third kappa shape index (κ3) is 3.92. The van der Waals surface area contributed by atoms with Crippen LogP contribution in [-0.4, -0.2) is 69.8 Å². The van der Waals surface area contributed by atoms with Crippen LogP contribution in [0, 0.1) is 0 Å². The molecule has 0 unspecified atom stereocenters. The summed E-state index contributed by atoms with van der Waals surface area (Å²) in [5.41, 5.74) is -0.754. The molecule has 0 aromatic carbocycles. The Kier molecular flexibility index (Phi) is 4.81. The number of alkyl halides is 1. The van der Waals surface area contributed by atoms with Crippen molar-refractivity contribution in [3.05, 3.63) is 0 Å². The van der Waals surface area contributed by atoms with E-state index in [0.29, 0.717) is 19.4 Å². The van der Waals surface area contributed by atoms with Gasteiger partial charge in [0.15, 0.2) is 0 Å². The zero-order chi connectivity index (χ0) is 17.4. The number of nitrogens with zero attached hydrogens (tertiary/aromatic N) is 2. The molecule has 2 heterocycles. The van der Waals surface area contributed by atoms with Crippen molar-refractivity contribution in [2.45, 2.75) is 63.9 Å². The summed E-state index contributed by atoms with van der Waals surface area (Å²) in [6.07, 6.45) is -1.23. The van der Waals surface area contributed by atoms with Gasteiger partial charge >= 0.3 is 12.1 Å². The fourth-order valence-electron chi connectivity index (χ4n) is 3.02. The lowest BCUT2D eigenvalue weighted by Crippen LogP contribution is -2.51. The van der Waals surface area contributed by atoms with Gasteiger partial charge in [-0.05, 0) is 33.6 Å². The molecular weight excluding hydrogens is 307 g/mol. The number of carbonyl (C=O) groups excluding carboxylic acids is 2. The highest BCUT2D eigenvalue weighted by Crippen LogP contribution is 2.27. The third-order valence-corrected chi connectivity index (χ3v) is 3.98. The Morgan fingerprint density at radius 1 is 1.17 bits per heavy atom. The van der Waals surface area contributed by atoms with Crippen LogP contribution >= 0.6 is 0 Å². The summed E-state index contributed by atoms with van der Waals surface area (Å²) >= 11 is 0. The van der Waals surface area contributed by atoms with Crippen molar-refractivity contribution in [3.63, 3.8) is 0 Å². The van der Waals surface area contributed by atoms with E-state index in [-0.39, 0.29) is 13.0 Å². The van der Waals surface area contributed by atoms with Crippen molar-refractivity contribution in [1.29, 1.82) is 0 Å². The van der Waals surface area contributed by atoms with E-state index in [2.05, 4.69) is 0 Å². The lowest BCUT2D eigenvalue weighted by atomic mass is 10.1. The first-order chi connectivity index (χ1) is 10.6. The Bertz CT molecular complexity index is 505. The largest absolute Gasteiger partial charge is 0.480 e. The third-order valence-electron chi connectivity index (χ3n) is 3.98. The highest BCUT2D eigenvalue weighted by Gasteiger charge is 2.46. The van der Waals surface area contributed by atoms with E-state index in [0.717, 1.165) is 4.90 Å². The van der Waals surface area contributed by atoms with E-state index in [1.165, 1.54) is 4.90 Å². The summed E-state index contributed by atoms with van der Waals surface area (Å²) in [5.74, 6) is -1.59. The van der Waals surface area contributed by atoms with Crippen LogP contribution in [0.3, 0.4) is 0 Å². The number of hydrogen-bond acceptors (Lipinski definition) is 4. The van der Waals surface area contributed by atoms with Gasteiger partial charge in [-0.25, -0.2) is 14.0 Å². The number of aliphatic carboxylic acids is 1. The molecule has 3 atom stereocenters. The molecule has 8 heteroatoms. The number of likely N-dealkylation sites (tertiary alicyclic amines) is 2. The molecule has 0 bridgehead atoms. The molecular formula is C15H23FN2O5. The Hall–Kier alpha value is -1.86. The molecule has 0 spiro atoms. The molecule has 0 saturated carbocycles. The molecule has 2 amide bonds. The van der Waals surface area contributed by atoms with Gasteiger partial charge in [-0.3, -0.25) is 9.69 Å². The normalized spacial score (nSPS) is 28.1. The van der Waals surface area contributed by atoms with Gasteiger partial charge in [0, 0.05) is 13.0 Å². The second-order valence-electron chi connectivity index (χ2n) is 7.01. The number of halogens is 1. The second-order valence-corrected chi connectivity index (χ2v) is 7.01. The Labute approximate surface area is 134 Å². The van der Waals surface area contributed by atoms with Gasteiger partial charge in [0.1, 0.15) is 23.9 Å². The van der Waals surface area contributed by atoms with Crippen molar-refractivity contribution < 1.29 is 28.6 Å². The predicted octanol–water partition coefficient (Wildman–Crippen LogP) is 1.41. The van der Waals surface area contributed by atoms with Crippen LogP contribution < -0.4 is 0 Å². The lowest BCUT2D eigenvalue weighted by molar-refractivity contribution is -0.149. The maximum atomic E-state index is 13.8. The van der Waals surface area contributed by atoms with Crippen molar-refractivity contribution in [2.24, 2.45) is 0 Å². The van der Waals surface area contributed by atoms with Gasteiger partial charge in [0.25, 0.3) is 0 Å². The number of amides is 2. The van der Waals surface area contributed by atoms with Crippen LogP contribution in [0.15, 0.2) is 0 Å². The van der Waals surface area contributed by atoms with Gasteiger partial charge in [0.2, 0.25) is 5.91 Å². The Morgan fingerprint density at radius 3 is 2.39 bits per heavy atom. The minimum absolute atomic E-state index is 0.124. The molecule has 2 fully saturated rings. The van der Waals surface area contributed by atoms with E-state index >= 15 is 0 Å². The van der Waals surface area contributed by atoms with E-state index < -0.39 is 41.8 Å². The first-order valence-electron chi connectivity index (χ1n) is 7.77. The minimum atomic E-state index is -1.32. The maximum Gasteiger partial charge on any atom is 0.411 e. The van der Waals surface area contributed by atoms with Gasteiger partial charge < -0.3 is 14.7 Å². The average molecular weight is 330 g/mol. The number of carboxylic acids is 1. The maximum absolute atomic E-state index is 13.8. The molecule has 2 aliphatic heterocycles. The van der Waals surface area contributed by atoms with Crippen LogP contribution in [0.25, 0.3) is 0 Å². The topological polar surface area (TPSA) is 87.2 Å². The number of carboxylic acid groups (broad SMARTS) is 1. The molecule has 7 nitrogen and oxygen atoms in total. The first-order valence-corrected chi connectivity index (χ1v) is 7.77. The number of hydrogen-bond donors (Lipinski definition) is 1. The fourth-order valence-corrected chi connectivity index (χ4v) is 3.02. The van der Waals surface area contributed by atoms with Crippen molar-refractivity contribution >= 4 is 18.0 Å². The van der Waals surface area contributed by atoms with Gasteiger partial charge in [0.05, 0.1) is 6.54 Å². The molecule has 130 valence electrons. The molecule has 0 radical (unpaired) electrons. The SMILES string of the molecule is CC(C)(C)OC(=O)N1C[C@H](F)C[C@H]1C(=O)N1CCC[C@H]1C(=O)O. The molecule has 23 heavy (non-hydrogen) atoms. The van der Waals surface area contributed by atoms with E-state index in [4.69, 9.17) is 4.74 Å². The zero-order valence-electron chi connectivity index (χ0n) is 13.6. The van der Waals surface area contributed by atoms with Crippen molar-refractivity contribution in [2.75, 3.05) is 13.1 Å². The predicted molar refractivity (Wildman–Crippen MR) is 78.6 cm³/mol. The van der Waals surface area contributed by atoms with Crippen LogP contribution in [0.4, 0.5) is 9.18 Å². The monoisotopic (exact) mass is 330 g/mol.